The molecule has 0 saturated heterocycles. The van der Waals surface area contributed by atoms with E-state index >= 15 is 0 Å². The van der Waals surface area contributed by atoms with Crippen LogP contribution < -0.4 is 24.0 Å². The molecule has 0 saturated carbocycles. The summed E-state index contributed by atoms with van der Waals surface area (Å²) in [7, 11) is 0. The normalized spacial score (nSPS) is 11.3. The van der Waals surface area contributed by atoms with E-state index in [0.29, 0.717) is 22.4 Å². The van der Waals surface area contributed by atoms with Crippen molar-refractivity contribution < 1.29 is 78.5 Å². The number of furan rings is 2. The van der Waals surface area contributed by atoms with Crippen molar-refractivity contribution in [1.82, 2.24) is 34.5 Å². The second-order valence-electron chi connectivity index (χ2n) is 30.6. The Balaban J connectivity index is 0.000000130. The van der Waals surface area contributed by atoms with E-state index in [1.807, 2.05) is 182 Å². The summed E-state index contributed by atoms with van der Waals surface area (Å²) in [6.07, 6.45) is 8.24. The van der Waals surface area contributed by atoms with Crippen molar-refractivity contribution in [2.45, 2.75) is 6.85 Å². The van der Waals surface area contributed by atoms with Gasteiger partial charge in [-0.05, 0) is 196 Å². The molecule has 8 heterocycles. The van der Waals surface area contributed by atoms with Gasteiger partial charge in [0, 0.05) is 97.3 Å². The molecule has 13 heteroatoms. The van der Waals surface area contributed by atoms with Gasteiger partial charge in [-0.15, -0.1) is 108 Å². The molecule has 0 aliphatic heterocycles. The zero-order chi connectivity index (χ0) is 90.0. The first-order valence-corrected chi connectivity index (χ1v) is 42.4. The molecule has 132 heavy (non-hydrogen) atoms. The molecule has 8 aromatic heterocycles. The van der Waals surface area contributed by atoms with Gasteiger partial charge in [-0.1, -0.05) is 300 Å². The predicted molar refractivity (Wildman–Crippen MR) is 527 cm³/mol. The van der Waals surface area contributed by atoms with Gasteiger partial charge in [-0.2, -0.15) is 0 Å². The summed E-state index contributed by atoms with van der Waals surface area (Å²) in [4.78, 5) is 26.1. The van der Waals surface area contributed by atoms with E-state index < -0.39 is 6.85 Å². The van der Waals surface area contributed by atoms with Crippen LogP contribution in [0.5, 0.6) is 5.75 Å². The fourth-order valence-electron chi connectivity index (χ4n) is 16.6. The van der Waals surface area contributed by atoms with Crippen LogP contribution >= 0.6 is 0 Å². The Hall–Kier alpha value is -15.4. The van der Waals surface area contributed by atoms with Crippen LogP contribution in [0.15, 0.2) is 464 Å². The van der Waals surface area contributed by atoms with Gasteiger partial charge in [0.1, 0.15) is 17.0 Å². The number of aromatic nitrogens is 7. The number of para-hydroxylation sites is 6. The number of nitrogens with zero attached hydrogens (tertiary/aromatic N) is 7. The molecule has 0 fully saturated rings. The summed E-state index contributed by atoms with van der Waals surface area (Å²) in [5.74, 6) is 0.922. The van der Waals surface area contributed by atoms with Gasteiger partial charge >= 0.3 is 18.9 Å². The Morgan fingerprint density at radius 1 is 0.318 bits per heavy atom. The minimum atomic E-state index is -2.36. The van der Waals surface area contributed by atoms with Gasteiger partial charge in [0.15, 0.2) is 0 Å². The van der Waals surface area contributed by atoms with Crippen LogP contribution in [0.2, 0.25) is 0 Å². The molecule has 0 amide bonds. The zero-order valence-electron chi connectivity index (χ0n) is 75.2. The molecular formula is C119H78Ir2LiN7O3-4. The topological polar surface area (TPSA) is 132 Å². The van der Waals surface area contributed by atoms with E-state index in [0.717, 1.165) is 111 Å². The first-order valence-electron chi connectivity index (χ1n) is 44.4. The Kier molecular flexibility index (Phi) is 26.1. The molecule has 0 spiro atoms. The van der Waals surface area contributed by atoms with Crippen molar-refractivity contribution in [2.24, 2.45) is 0 Å². The average Bonchev–Trinajstić information content (AvgIpc) is 0.935. The molecule has 17 aromatic carbocycles. The molecule has 0 N–H and O–H groups in total. The first kappa shape index (κ1) is 83.5. The van der Waals surface area contributed by atoms with E-state index in [4.69, 9.17) is 19.3 Å². The Labute approximate surface area is 808 Å². The molecule has 0 bridgehead atoms. The second-order valence-corrected chi connectivity index (χ2v) is 30.6. The van der Waals surface area contributed by atoms with E-state index in [2.05, 4.69) is 266 Å². The summed E-state index contributed by atoms with van der Waals surface area (Å²) < 4.78 is 44.7. The number of hydrogen-bond acceptors (Lipinski definition) is 9. The van der Waals surface area contributed by atoms with Gasteiger partial charge in [0.2, 0.25) is 0 Å². The number of imidazole rings is 1. The van der Waals surface area contributed by atoms with Gasteiger partial charge in [-0.3, -0.25) is 9.55 Å². The SMILES string of the molecule is [2H]c1cnc(-c2[c-]ccc3c2oc2ccccc23)cc1C([2H])([2H])[2H].[Ir].[Ir].[Li+].[O-]c1cccc2cccnc12.[c-]1ccc2c(oc3ccccc32)c1-c1ccccn1.[c-]1ccccc1-c1ccccn1.[c-]1ccccc1-c1ccccn1.c1ccc(-n2c(-c3ccc(-c4ccc5c(-c6ccc7ccccc7c6)c6ccccc6c(-c6ccc7ccccc7c6)c5c4)cc3)nc3ccccc32)cc1. The quantitative estimate of drug-likeness (QED) is 0.0787. The third kappa shape index (κ3) is 19.0. The summed E-state index contributed by atoms with van der Waals surface area (Å²) >= 11 is 0. The fourth-order valence-corrected chi connectivity index (χ4v) is 16.6. The molecular weight excluding hydrogens is 1970 g/mol. The average molecular weight is 2050 g/mol. The van der Waals surface area contributed by atoms with Crippen LogP contribution in [0.25, 0.3) is 204 Å². The van der Waals surface area contributed by atoms with Crippen LogP contribution in [0.4, 0.5) is 0 Å². The molecule has 630 valence electrons. The summed E-state index contributed by atoms with van der Waals surface area (Å²) in [5.41, 5.74) is 22.0. The number of fused-ring (bicyclic) bond motifs is 12. The molecule has 0 aliphatic carbocycles. The van der Waals surface area contributed by atoms with Crippen molar-refractivity contribution in [3.63, 3.8) is 0 Å². The monoisotopic (exact) mass is 2050 g/mol. The maximum atomic E-state index is 11.1. The van der Waals surface area contributed by atoms with Crippen molar-refractivity contribution in [2.75, 3.05) is 0 Å². The third-order valence-corrected chi connectivity index (χ3v) is 22.6. The van der Waals surface area contributed by atoms with Crippen LogP contribution in [0, 0.1) is 31.1 Å². The summed E-state index contributed by atoms with van der Waals surface area (Å²) in [6, 6.07) is 154. The van der Waals surface area contributed by atoms with Crippen LogP contribution in [0.3, 0.4) is 0 Å². The number of benzene rings is 17. The van der Waals surface area contributed by atoms with Crippen LogP contribution in [-0.4, -0.2) is 34.5 Å². The van der Waals surface area contributed by atoms with Crippen molar-refractivity contribution >= 4 is 109 Å². The number of rotatable bonds is 9. The minimum absolute atomic E-state index is 0. The second kappa shape index (κ2) is 41.3. The molecule has 0 aliphatic rings. The number of aryl methyl sites for hydroxylation is 1. The van der Waals surface area contributed by atoms with Gasteiger partial charge in [0.25, 0.3) is 0 Å². The number of pyridine rings is 5. The van der Waals surface area contributed by atoms with Crippen molar-refractivity contribution in [3.8, 4) is 101 Å². The Morgan fingerprint density at radius 2 is 0.780 bits per heavy atom. The maximum absolute atomic E-state index is 11.1. The molecule has 25 aromatic rings. The molecule has 0 unspecified atom stereocenters. The summed E-state index contributed by atoms with van der Waals surface area (Å²) in [5, 5.41) is 26.1. The Bertz CT molecular complexity index is 8320. The predicted octanol–water partition coefficient (Wildman–Crippen LogP) is 26.9. The first-order chi connectivity index (χ1) is 65.5. The molecule has 10 nitrogen and oxygen atoms in total. The van der Waals surface area contributed by atoms with Crippen LogP contribution in [-0.2, 0) is 40.2 Å². The maximum Gasteiger partial charge on any atom is 1.00 e. The van der Waals surface area contributed by atoms with E-state index in [9.17, 15) is 5.11 Å². The molecule has 2 radical (unpaired) electrons. The van der Waals surface area contributed by atoms with Crippen molar-refractivity contribution in [1.29, 1.82) is 0 Å². The summed E-state index contributed by atoms with van der Waals surface area (Å²) in [6.45, 7) is -2.36. The molecule has 0 atom stereocenters. The van der Waals surface area contributed by atoms with E-state index in [-0.39, 0.29) is 76.4 Å². The fraction of sp³-hybridized carbons (Fsp3) is 0.00840. The van der Waals surface area contributed by atoms with E-state index in [1.54, 1.807) is 36.9 Å². The van der Waals surface area contributed by atoms with Gasteiger partial charge in [0.05, 0.1) is 29.1 Å². The smallest absolute Gasteiger partial charge is 0.871 e. The number of hydrogen-bond donors (Lipinski definition) is 0. The van der Waals surface area contributed by atoms with E-state index in [1.165, 1.54) is 89.2 Å². The van der Waals surface area contributed by atoms with Crippen molar-refractivity contribution in [3.05, 3.63) is 485 Å². The van der Waals surface area contributed by atoms with Gasteiger partial charge < -0.3 is 33.9 Å². The minimum Gasteiger partial charge on any atom is -0.871 e. The van der Waals surface area contributed by atoms with Gasteiger partial charge in [-0.25, -0.2) is 4.98 Å². The zero-order valence-corrected chi connectivity index (χ0v) is 76.0. The largest absolute Gasteiger partial charge is 1.00 e. The third-order valence-electron chi connectivity index (χ3n) is 22.6. The van der Waals surface area contributed by atoms with Crippen LogP contribution in [0.1, 0.15) is 11.0 Å². The Morgan fingerprint density at radius 3 is 1.35 bits per heavy atom. The molecule has 25 rings (SSSR count). The standard InChI is InChI=1S/C53H34N2.C18H12NO.C17H10NO.2C11H8N.C9H7NO.2Ir.Li/c1-2-16-44(17-3-1)55-50-21-11-10-20-49(50)54-53(55)38-26-22-37(23-27-38)41-30-31-47-48(34-41)52(43-29-25-36-13-5-7-15-40(36)33-43)46-19-9-8-18-45(46)51(47)42-28-24-35-12-4-6-14-39(35)32-42;1-12-9-10-19-16(11-12)15-7-4-6-14-13-5-2-3-8-17(13)20-18(14)15;1-2-10-16-12(6-1)13-7-5-8-14(17(13)19-16)15-9-3-4-11-18-15;2*1-2-6-10(7-3-1)11-8-4-5-9-12-11;11-8-5-1-3-7-4-2-6-10-9(7)8;;;/h1-34H;2-6,8-11H,1H3;1-7,9-11H;2*1-6,8-9H;1-6,11H;;;/q;4*-1;;;;+1/p-1/i;1D3,9D;;;;;;;.